The molecule has 2 aromatic rings. The summed E-state index contributed by atoms with van der Waals surface area (Å²) in [6, 6.07) is 14.3. The van der Waals surface area contributed by atoms with Crippen molar-refractivity contribution in [3.05, 3.63) is 65.7 Å². The lowest BCUT2D eigenvalue weighted by Crippen LogP contribution is -2.30. The van der Waals surface area contributed by atoms with Crippen molar-refractivity contribution in [2.45, 2.75) is 37.9 Å². The van der Waals surface area contributed by atoms with E-state index in [9.17, 15) is 18.0 Å². The maximum atomic E-state index is 12.8. The highest BCUT2D eigenvalue weighted by Crippen LogP contribution is 2.36. The molecule has 2 aromatic carbocycles. The molecule has 0 aliphatic heterocycles. The maximum Gasteiger partial charge on any atom is 0.416 e. The molecule has 1 aliphatic rings. The molecule has 0 spiro atoms. The Bertz CT molecular complexity index is 710. The lowest BCUT2D eigenvalue weighted by atomic mass is 9.80. The predicted molar refractivity (Wildman–Crippen MR) is 91.2 cm³/mol. The van der Waals surface area contributed by atoms with Gasteiger partial charge in [0, 0.05) is 18.0 Å². The van der Waals surface area contributed by atoms with E-state index in [4.69, 9.17) is 0 Å². The number of carbonyl (C=O) groups is 1. The summed E-state index contributed by atoms with van der Waals surface area (Å²) < 4.78 is 38.4. The molecule has 0 amide bonds. The second kappa shape index (κ2) is 7.30. The third-order valence-electron chi connectivity index (χ3n) is 4.70. The summed E-state index contributed by atoms with van der Waals surface area (Å²) in [5, 5.41) is 3.35. The number of carbonyl (C=O) groups excluding carboxylic acids is 1. The number of anilines is 1. The minimum atomic E-state index is -4.36. The Labute approximate surface area is 145 Å². The van der Waals surface area contributed by atoms with Crippen LogP contribution in [0.2, 0.25) is 0 Å². The molecule has 1 N–H and O–H groups in total. The fourth-order valence-electron chi connectivity index (χ4n) is 3.37. The number of Topliss-reactive ketones (excluding diaryl/α,β-unsaturated/α-hetero) is 1. The van der Waals surface area contributed by atoms with Crippen molar-refractivity contribution < 1.29 is 18.0 Å². The first-order chi connectivity index (χ1) is 11.9. The highest BCUT2D eigenvalue weighted by Gasteiger charge is 2.33. The van der Waals surface area contributed by atoms with Crippen LogP contribution in [0.25, 0.3) is 0 Å². The lowest BCUT2D eigenvalue weighted by Gasteiger charge is -2.31. The summed E-state index contributed by atoms with van der Waals surface area (Å²) in [4.78, 5) is 12.4. The number of halogens is 3. The molecule has 0 radical (unpaired) electrons. The highest BCUT2D eigenvalue weighted by atomic mass is 19.4. The monoisotopic (exact) mass is 347 g/mol. The molecule has 5 heteroatoms. The van der Waals surface area contributed by atoms with Crippen LogP contribution in [-0.2, 0) is 11.0 Å². The van der Waals surface area contributed by atoms with Gasteiger partial charge in [-0.15, -0.1) is 0 Å². The molecule has 132 valence electrons. The second-order valence-corrected chi connectivity index (χ2v) is 6.43. The summed E-state index contributed by atoms with van der Waals surface area (Å²) in [6.07, 6.45) is -1.21. The Hall–Kier alpha value is -2.30. The molecular formula is C20H20F3NO. The Kier molecular flexibility index (Phi) is 5.11. The molecule has 3 rings (SSSR count). The van der Waals surface area contributed by atoms with Crippen LogP contribution in [0.3, 0.4) is 0 Å². The summed E-state index contributed by atoms with van der Waals surface area (Å²) in [5.41, 5.74) is 0.882. The smallest absolute Gasteiger partial charge is 0.378 e. The number of para-hydroxylation sites is 1. The van der Waals surface area contributed by atoms with E-state index in [-0.39, 0.29) is 17.7 Å². The quantitative estimate of drug-likeness (QED) is 0.778. The average Bonchev–Trinajstić information content (AvgIpc) is 2.61. The molecule has 0 heterocycles. The van der Waals surface area contributed by atoms with Crippen molar-refractivity contribution in [2.24, 2.45) is 5.92 Å². The summed E-state index contributed by atoms with van der Waals surface area (Å²) in [6.45, 7) is 0. The van der Waals surface area contributed by atoms with Crippen LogP contribution in [0.4, 0.5) is 18.9 Å². The van der Waals surface area contributed by atoms with Gasteiger partial charge in [-0.05, 0) is 42.7 Å². The van der Waals surface area contributed by atoms with Gasteiger partial charge >= 0.3 is 6.18 Å². The van der Waals surface area contributed by atoms with Crippen molar-refractivity contribution in [2.75, 3.05) is 5.32 Å². The van der Waals surface area contributed by atoms with Crippen molar-refractivity contribution in [1.82, 2.24) is 0 Å². The van der Waals surface area contributed by atoms with Gasteiger partial charge in [0.05, 0.1) is 11.6 Å². The number of rotatable bonds is 4. The first kappa shape index (κ1) is 17.5. The molecule has 0 aromatic heterocycles. The van der Waals surface area contributed by atoms with E-state index in [0.29, 0.717) is 12.0 Å². The molecule has 2 atom stereocenters. The Morgan fingerprint density at radius 3 is 2.24 bits per heavy atom. The standard InChI is InChI=1S/C20H20F3NO/c21-20(22,23)15-12-10-14(11-13-15)19(17-8-4-5-9-18(17)25)24-16-6-2-1-3-7-16/h1-3,6-7,10-13,17,19,24H,4-5,8-9H2/t17-,19-/m0/s1. The molecular weight excluding hydrogens is 327 g/mol. The summed E-state index contributed by atoms with van der Waals surface area (Å²) in [5.74, 6) is -0.0368. The molecule has 0 saturated heterocycles. The summed E-state index contributed by atoms with van der Waals surface area (Å²) >= 11 is 0. The van der Waals surface area contributed by atoms with Gasteiger partial charge in [-0.3, -0.25) is 4.79 Å². The molecule has 0 bridgehead atoms. The Balaban J connectivity index is 1.91. The zero-order chi connectivity index (χ0) is 17.9. The first-order valence-corrected chi connectivity index (χ1v) is 8.46. The Morgan fingerprint density at radius 2 is 1.64 bits per heavy atom. The van der Waals surface area contributed by atoms with Gasteiger partial charge in [-0.2, -0.15) is 13.2 Å². The largest absolute Gasteiger partial charge is 0.416 e. The third-order valence-corrected chi connectivity index (χ3v) is 4.70. The zero-order valence-electron chi connectivity index (χ0n) is 13.7. The van der Waals surface area contributed by atoms with Crippen LogP contribution in [0.5, 0.6) is 0 Å². The minimum Gasteiger partial charge on any atom is -0.378 e. The van der Waals surface area contributed by atoms with Crippen molar-refractivity contribution >= 4 is 11.5 Å². The molecule has 0 unspecified atom stereocenters. The van der Waals surface area contributed by atoms with Crippen LogP contribution in [0, 0.1) is 5.92 Å². The SMILES string of the molecule is O=C1CCCC[C@@H]1[C@@H](Nc1ccccc1)c1ccc(C(F)(F)F)cc1. The molecule has 1 aliphatic carbocycles. The minimum absolute atomic E-state index is 0.180. The maximum absolute atomic E-state index is 12.8. The van der Waals surface area contributed by atoms with Gasteiger partial charge in [0.15, 0.2) is 0 Å². The van der Waals surface area contributed by atoms with Crippen molar-refractivity contribution in [3.63, 3.8) is 0 Å². The molecule has 25 heavy (non-hydrogen) atoms. The third kappa shape index (κ3) is 4.21. The average molecular weight is 347 g/mol. The van der Waals surface area contributed by atoms with Gasteiger partial charge < -0.3 is 5.32 Å². The van der Waals surface area contributed by atoms with Crippen molar-refractivity contribution in [3.8, 4) is 0 Å². The Morgan fingerprint density at radius 1 is 0.960 bits per heavy atom. The summed E-state index contributed by atoms with van der Waals surface area (Å²) in [7, 11) is 0. The van der Waals surface area contributed by atoms with Crippen LogP contribution in [-0.4, -0.2) is 5.78 Å². The van der Waals surface area contributed by atoms with Gasteiger partial charge in [-0.25, -0.2) is 0 Å². The van der Waals surface area contributed by atoms with E-state index < -0.39 is 11.7 Å². The lowest BCUT2D eigenvalue weighted by molar-refractivity contribution is -0.137. The van der Waals surface area contributed by atoms with E-state index in [1.807, 2.05) is 30.3 Å². The van der Waals surface area contributed by atoms with Crippen LogP contribution >= 0.6 is 0 Å². The van der Waals surface area contributed by atoms with Crippen LogP contribution < -0.4 is 5.32 Å². The zero-order valence-corrected chi connectivity index (χ0v) is 13.7. The number of nitrogens with one attached hydrogen (secondary N) is 1. The van der Waals surface area contributed by atoms with Gasteiger partial charge in [-0.1, -0.05) is 36.8 Å². The topological polar surface area (TPSA) is 29.1 Å². The number of ketones is 1. The fourth-order valence-corrected chi connectivity index (χ4v) is 3.37. The van der Waals surface area contributed by atoms with Crippen LogP contribution in [0.1, 0.15) is 42.9 Å². The number of hydrogen-bond donors (Lipinski definition) is 1. The molecule has 2 nitrogen and oxygen atoms in total. The van der Waals surface area contributed by atoms with Crippen LogP contribution in [0.15, 0.2) is 54.6 Å². The highest BCUT2D eigenvalue weighted by molar-refractivity contribution is 5.83. The van der Waals surface area contributed by atoms with Crippen molar-refractivity contribution in [1.29, 1.82) is 0 Å². The fraction of sp³-hybridized carbons (Fsp3) is 0.350. The van der Waals surface area contributed by atoms with E-state index in [2.05, 4.69) is 5.32 Å². The van der Waals surface area contributed by atoms with E-state index in [1.165, 1.54) is 12.1 Å². The van der Waals surface area contributed by atoms with E-state index in [0.717, 1.165) is 37.1 Å². The number of alkyl halides is 3. The second-order valence-electron chi connectivity index (χ2n) is 6.43. The van der Waals surface area contributed by atoms with Gasteiger partial charge in [0.25, 0.3) is 0 Å². The first-order valence-electron chi connectivity index (χ1n) is 8.46. The number of benzene rings is 2. The van der Waals surface area contributed by atoms with E-state index >= 15 is 0 Å². The van der Waals surface area contributed by atoms with Gasteiger partial charge in [0.2, 0.25) is 0 Å². The predicted octanol–water partition coefficient (Wildman–Crippen LogP) is 5.62. The normalized spacial score (nSPS) is 19.5. The molecule has 1 saturated carbocycles. The number of hydrogen-bond acceptors (Lipinski definition) is 2. The van der Waals surface area contributed by atoms with Gasteiger partial charge in [0.1, 0.15) is 5.78 Å². The van der Waals surface area contributed by atoms with E-state index in [1.54, 1.807) is 0 Å². The molecule has 1 fully saturated rings.